The molecule has 1 aliphatic heterocycles. The van der Waals surface area contributed by atoms with Gasteiger partial charge in [-0.3, -0.25) is 9.69 Å². The van der Waals surface area contributed by atoms with Crippen molar-refractivity contribution >= 4 is 5.91 Å². The van der Waals surface area contributed by atoms with Crippen LogP contribution in [0.2, 0.25) is 0 Å². The highest BCUT2D eigenvalue weighted by Crippen LogP contribution is 2.18. The molecule has 1 amide bonds. The lowest BCUT2D eigenvalue weighted by Gasteiger charge is -2.37. The Morgan fingerprint density at radius 2 is 2.11 bits per heavy atom. The number of benzene rings is 1. The van der Waals surface area contributed by atoms with Gasteiger partial charge in [-0.1, -0.05) is 37.3 Å². The molecule has 1 aromatic carbocycles. The summed E-state index contributed by atoms with van der Waals surface area (Å²) < 4.78 is 0. The molecule has 1 aliphatic rings. The monoisotopic (exact) mass is 246 g/mol. The molecular formula is C15H22N2O. The zero-order valence-electron chi connectivity index (χ0n) is 11.2. The van der Waals surface area contributed by atoms with E-state index in [0.29, 0.717) is 12.0 Å². The Bertz CT molecular complexity index is 391. The Morgan fingerprint density at radius 3 is 2.72 bits per heavy atom. The molecule has 1 saturated heterocycles. The van der Waals surface area contributed by atoms with E-state index < -0.39 is 0 Å². The number of hydrogen-bond acceptors (Lipinski definition) is 2. The van der Waals surface area contributed by atoms with Gasteiger partial charge in [0.25, 0.3) is 0 Å². The van der Waals surface area contributed by atoms with Crippen LogP contribution < -0.4 is 5.32 Å². The van der Waals surface area contributed by atoms with E-state index in [0.717, 1.165) is 26.1 Å². The fraction of sp³-hybridized carbons (Fsp3) is 0.533. The number of carbonyl (C=O) groups is 1. The summed E-state index contributed by atoms with van der Waals surface area (Å²) in [6, 6.07) is 10.9. The Labute approximate surface area is 109 Å². The van der Waals surface area contributed by atoms with Gasteiger partial charge in [0.1, 0.15) is 0 Å². The molecule has 98 valence electrons. The van der Waals surface area contributed by atoms with Gasteiger partial charge >= 0.3 is 0 Å². The van der Waals surface area contributed by atoms with Crippen molar-refractivity contribution in [3.05, 3.63) is 35.9 Å². The minimum atomic E-state index is 0.0864. The van der Waals surface area contributed by atoms with Crippen LogP contribution in [0.15, 0.2) is 30.3 Å². The molecule has 0 spiro atoms. The number of hydrogen-bond donors (Lipinski definition) is 1. The molecule has 0 aliphatic carbocycles. The number of amides is 1. The quantitative estimate of drug-likeness (QED) is 0.885. The van der Waals surface area contributed by atoms with Crippen LogP contribution in [0.1, 0.15) is 25.8 Å². The summed E-state index contributed by atoms with van der Waals surface area (Å²) >= 11 is 0. The SMILES string of the molecule is CC(=O)NC1CCN(Cc2ccccc2)CC1C. The van der Waals surface area contributed by atoms with Crippen LogP contribution in [0, 0.1) is 5.92 Å². The van der Waals surface area contributed by atoms with Gasteiger partial charge in [-0.15, -0.1) is 0 Å². The maximum atomic E-state index is 11.1. The first-order chi connectivity index (χ1) is 8.65. The predicted molar refractivity (Wildman–Crippen MR) is 73.1 cm³/mol. The Kier molecular flexibility index (Phi) is 4.37. The zero-order valence-corrected chi connectivity index (χ0v) is 11.2. The van der Waals surface area contributed by atoms with E-state index in [1.165, 1.54) is 5.56 Å². The highest BCUT2D eigenvalue weighted by molar-refractivity contribution is 5.73. The van der Waals surface area contributed by atoms with E-state index in [9.17, 15) is 4.79 Å². The molecule has 2 rings (SSSR count). The molecular weight excluding hydrogens is 224 g/mol. The van der Waals surface area contributed by atoms with Gasteiger partial charge in [-0.2, -0.15) is 0 Å². The van der Waals surface area contributed by atoms with Gasteiger partial charge in [0.15, 0.2) is 0 Å². The van der Waals surface area contributed by atoms with Crippen LogP contribution in [0.3, 0.4) is 0 Å². The summed E-state index contributed by atoms with van der Waals surface area (Å²) in [5, 5.41) is 3.05. The Hall–Kier alpha value is -1.35. The van der Waals surface area contributed by atoms with Crippen LogP contribution in [-0.4, -0.2) is 29.9 Å². The second kappa shape index (κ2) is 6.01. The predicted octanol–water partition coefficient (Wildman–Crippen LogP) is 2.03. The average Bonchev–Trinajstić information content (AvgIpc) is 2.33. The van der Waals surface area contributed by atoms with Crippen molar-refractivity contribution in [2.24, 2.45) is 5.92 Å². The summed E-state index contributed by atoms with van der Waals surface area (Å²) in [6.07, 6.45) is 1.05. The van der Waals surface area contributed by atoms with Gasteiger partial charge in [0, 0.05) is 32.6 Å². The van der Waals surface area contributed by atoms with Crippen LogP contribution in [0.4, 0.5) is 0 Å². The van der Waals surface area contributed by atoms with E-state index in [-0.39, 0.29) is 5.91 Å². The van der Waals surface area contributed by atoms with Crippen molar-refractivity contribution in [3.8, 4) is 0 Å². The largest absolute Gasteiger partial charge is 0.353 e. The third-order valence-corrected chi connectivity index (χ3v) is 3.63. The lowest BCUT2D eigenvalue weighted by Crippen LogP contribution is -2.49. The average molecular weight is 246 g/mol. The summed E-state index contributed by atoms with van der Waals surface area (Å²) in [7, 11) is 0. The molecule has 0 aromatic heterocycles. The maximum Gasteiger partial charge on any atom is 0.217 e. The van der Waals surface area contributed by atoms with Crippen LogP contribution >= 0.6 is 0 Å². The molecule has 1 heterocycles. The number of piperidine rings is 1. The number of carbonyl (C=O) groups excluding carboxylic acids is 1. The topological polar surface area (TPSA) is 32.3 Å². The summed E-state index contributed by atoms with van der Waals surface area (Å²) in [5.41, 5.74) is 1.36. The van der Waals surface area contributed by atoms with Gasteiger partial charge in [0.2, 0.25) is 5.91 Å². The minimum Gasteiger partial charge on any atom is -0.353 e. The molecule has 2 unspecified atom stereocenters. The van der Waals surface area contributed by atoms with Gasteiger partial charge in [-0.05, 0) is 17.9 Å². The number of nitrogens with one attached hydrogen (secondary N) is 1. The Morgan fingerprint density at radius 1 is 1.39 bits per heavy atom. The first kappa shape index (κ1) is 13.1. The first-order valence-electron chi connectivity index (χ1n) is 6.68. The third kappa shape index (κ3) is 3.57. The van der Waals surface area contributed by atoms with Crippen molar-refractivity contribution in [2.75, 3.05) is 13.1 Å². The van der Waals surface area contributed by atoms with Crippen molar-refractivity contribution < 1.29 is 4.79 Å². The lowest BCUT2D eigenvalue weighted by atomic mass is 9.93. The van der Waals surface area contributed by atoms with Gasteiger partial charge in [0.05, 0.1) is 0 Å². The maximum absolute atomic E-state index is 11.1. The lowest BCUT2D eigenvalue weighted by molar-refractivity contribution is -0.120. The highest BCUT2D eigenvalue weighted by atomic mass is 16.1. The molecule has 1 N–H and O–H groups in total. The van der Waals surface area contributed by atoms with E-state index in [1.807, 2.05) is 0 Å². The van der Waals surface area contributed by atoms with Crippen molar-refractivity contribution in [3.63, 3.8) is 0 Å². The zero-order chi connectivity index (χ0) is 13.0. The number of rotatable bonds is 3. The van der Waals surface area contributed by atoms with Crippen LogP contribution in [0.25, 0.3) is 0 Å². The van der Waals surface area contributed by atoms with Gasteiger partial charge in [-0.25, -0.2) is 0 Å². The Balaban J connectivity index is 1.86. The van der Waals surface area contributed by atoms with Gasteiger partial charge < -0.3 is 5.32 Å². The first-order valence-corrected chi connectivity index (χ1v) is 6.68. The van der Waals surface area contributed by atoms with Crippen molar-refractivity contribution in [2.45, 2.75) is 32.9 Å². The molecule has 0 saturated carbocycles. The van der Waals surface area contributed by atoms with E-state index in [4.69, 9.17) is 0 Å². The molecule has 18 heavy (non-hydrogen) atoms. The van der Waals surface area contributed by atoms with Crippen LogP contribution in [0.5, 0.6) is 0 Å². The molecule has 1 fully saturated rings. The third-order valence-electron chi connectivity index (χ3n) is 3.63. The molecule has 0 radical (unpaired) electrons. The fourth-order valence-electron chi connectivity index (χ4n) is 2.69. The summed E-state index contributed by atoms with van der Waals surface area (Å²) in [5.74, 6) is 0.606. The standard InChI is InChI=1S/C15H22N2O/c1-12-10-17(9-8-15(12)16-13(2)18)11-14-6-4-3-5-7-14/h3-7,12,15H,8-11H2,1-2H3,(H,16,18). The number of nitrogens with zero attached hydrogens (tertiary/aromatic N) is 1. The minimum absolute atomic E-state index is 0.0864. The smallest absolute Gasteiger partial charge is 0.217 e. The summed E-state index contributed by atoms with van der Waals surface area (Å²) in [4.78, 5) is 13.6. The molecule has 1 aromatic rings. The molecule has 2 atom stereocenters. The number of likely N-dealkylation sites (tertiary alicyclic amines) is 1. The highest BCUT2D eigenvalue weighted by Gasteiger charge is 2.26. The molecule has 0 bridgehead atoms. The molecule has 3 heteroatoms. The fourth-order valence-corrected chi connectivity index (χ4v) is 2.69. The molecule has 3 nitrogen and oxygen atoms in total. The normalized spacial score (nSPS) is 24.8. The van der Waals surface area contributed by atoms with E-state index >= 15 is 0 Å². The second-order valence-corrected chi connectivity index (χ2v) is 5.29. The van der Waals surface area contributed by atoms with E-state index in [2.05, 4.69) is 47.5 Å². The van der Waals surface area contributed by atoms with Crippen LogP contribution in [-0.2, 0) is 11.3 Å². The van der Waals surface area contributed by atoms with Crippen molar-refractivity contribution in [1.29, 1.82) is 0 Å². The van der Waals surface area contributed by atoms with Crippen molar-refractivity contribution in [1.82, 2.24) is 10.2 Å². The second-order valence-electron chi connectivity index (χ2n) is 5.29. The summed E-state index contributed by atoms with van der Waals surface area (Å²) in [6.45, 7) is 6.95. The van der Waals surface area contributed by atoms with E-state index in [1.54, 1.807) is 6.92 Å².